The number of aromatic nitrogens is 2. The summed E-state index contributed by atoms with van der Waals surface area (Å²) in [5.74, 6) is -0.557. The Hall–Kier alpha value is -1.71. The Morgan fingerprint density at radius 3 is 2.47 bits per heavy atom. The molecule has 0 aromatic carbocycles. The van der Waals surface area contributed by atoms with Gasteiger partial charge in [-0.05, 0) is 0 Å². The second-order valence-corrected chi connectivity index (χ2v) is 4.45. The molecule has 17 heavy (non-hydrogen) atoms. The van der Waals surface area contributed by atoms with Crippen LogP contribution in [0.4, 0.5) is 0 Å². The van der Waals surface area contributed by atoms with Crippen molar-refractivity contribution >= 4 is 11.0 Å². The van der Waals surface area contributed by atoms with Crippen molar-refractivity contribution in [3.8, 4) is 0 Å². The Labute approximate surface area is 101 Å². The van der Waals surface area contributed by atoms with E-state index in [1.54, 1.807) is 18.5 Å². The fourth-order valence-corrected chi connectivity index (χ4v) is 1.49. The summed E-state index contributed by atoms with van der Waals surface area (Å²) in [7, 11) is 0. The Kier molecular flexibility index (Phi) is 3.99. The summed E-state index contributed by atoms with van der Waals surface area (Å²) in [5, 5.41) is 0.796. The van der Waals surface area contributed by atoms with Crippen LogP contribution in [0.2, 0.25) is 0 Å². The third-order valence-electron chi connectivity index (χ3n) is 2.15. The van der Waals surface area contributed by atoms with Crippen LogP contribution in [0.3, 0.4) is 0 Å². The summed E-state index contributed by atoms with van der Waals surface area (Å²) in [5.41, 5.74) is 1.06. The first-order chi connectivity index (χ1) is 7.98. The SMILES string of the molecule is CC.CC(C)(C)c1nc(=O)oc2ccncc12. The normalized spacial score (nSPS) is 10.9. The molecule has 0 N–H and O–H groups in total. The van der Waals surface area contributed by atoms with Crippen LogP contribution in [0.1, 0.15) is 40.3 Å². The first-order valence-corrected chi connectivity index (χ1v) is 5.74. The van der Waals surface area contributed by atoms with Gasteiger partial charge in [-0.3, -0.25) is 4.98 Å². The molecule has 0 saturated carbocycles. The van der Waals surface area contributed by atoms with Crippen molar-refractivity contribution in [2.45, 2.75) is 40.0 Å². The number of pyridine rings is 1. The van der Waals surface area contributed by atoms with Crippen LogP contribution in [0.25, 0.3) is 11.0 Å². The summed E-state index contributed by atoms with van der Waals surface area (Å²) in [6.45, 7) is 10.0. The summed E-state index contributed by atoms with van der Waals surface area (Å²) in [6.07, 6.45) is 3.27. The molecule has 0 fully saturated rings. The molecule has 0 amide bonds. The monoisotopic (exact) mass is 234 g/mol. The molecule has 0 aliphatic rings. The van der Waals surface area contributed by atoms with Gasteiger partial charge in [0.1, 0.15) is 5.58 Å². The van der Waals surface area contributed by atoms with E-state index in [0.717, 1.165) is 11.1 Å². The van der Waals surface area contributed by atoms with Crippen molar-refractivity contribution in [2.75, 3.05) is 0 Å². The van der Waals surface area contributed by atoms with E-state index in [1.165, 1.54) is 0 Å². The molecule has 0 bridgehead atoms. The van der Waals surface area contributed by atoms with Crippen LogP contribution < -0.4 is 5.76 Å². The van der Waals surface area contributed by atoms with Crippen LogP contribution in [0, 0.1) is 0 Å². The maximum Gasteiger partial charge on any atom is 0.439 e. The Balaban J connectivity index is 0.000000686. The molecule has 2 aromatic heterocycles. The van der Waals surface area contributed by atoms with Gasteiger partial charge in [0.15, 0.2) is 0 Å². The van der Waals surface area contributed by atoms with E-state index >= 15 is 0 Å². The molecule has 0 radical (unpaired) electrons. The van der Waals surface area contributed by atoms with Gasteiger partial charge in [-0.25, -0.2) is 4.79 Å². The highest BCUT2D eigenvalue weighted by molar-refractivity contribution is 5.78. The lowest BCUT2D eigenvalue weighted by atomic mass is 9.90. The minimum Gasteiger partial charge on any atom is -0.408 e. The highest BCUT2D eigenvalue weighted by atomic mass is 16.4. The van der Waals surface area contributed by atoms with Crippen LogP contribution in [0.5, 0.6) is 0 Å². The van der Waals surface area contributed by atoms with Crippen LogP contribution in [-0.2, 0) is 5.41 Å². The maximum atomic E-state index is 11.3. The molecule has 0 saturated heterocycles. The van der Waals surface area contributed by atoms with Gasteiger partial charge in [0, 0.05) is 23.9 Å². The van der Waals surface area contributed by atoms with E-state index in [2.05, 4.69) is 9.97 Å². The molecule has 4 nitrogen and oxygen atoms in total. The smallest absolute Gasteiger partial charge is 0.408 e. The van der Waals surface area contributed by atoms with Crippen molar-refractivity contribution in [1.29, 1.82) is 0 Å². The molecule has 4 heteroatoms. The van der Waals surface area contributed by atoms with Crippen LogP contribution in [-0.4, -0.2) is 9.97 Å². The fraction of sp³-hybridized carbons (Fsp3) is 0.462. The van der Waals surface area contributed by atoms with Gasteiger partial charge >= 0.3 is 5.76 Å². The lowest BCUT2D eigenvalue weighted by Gasteiger charge is -2.18. The van der Waals surface area contributed by atoms with Gasteiger partial charge in [-0.1, -0.05) is 34.6 Å². The zero-order valence-corrected chi connectivity index (χ0v) is 10.9. The zero-order chi connectivity index (χ0) is 13.1. The van der Waals surface area contributed by atoms with Crippen molar-refractivity contribution in [2.24, 2.45) is 0 Å². The van der Waals surface area contributed by atoms with Gasteiger partial charge in [-0.2, -0.15) is 4.98 Å². The molecule has 0 aliphatic heterocycles. The molecule has 0 unspecified atom stereocenters. The van der Waals surface area contributed by atoms with E-state index in [9.17, 15) is 4.79 Å². The third kappa shape index (κ3) is 2.90. The predicted octanol–water partition coefficient (Wildman–Crippen LogP) is 2.91. The number of hydrogen-bond acceptors (Lipinski definition) is 4. The van der Waals surface area contributed by atoms with Gasteiger partial charge in [0.2, 0.25) is 0 Å². The fourth-order valence-electron chi connectivity index (χ4n) is 1.49. The predicted molar refractivity (Wildman–Crippen MR) is 68.1 cm³/mol. The largest absolute Gasteiger partial charge is 0.439 e. The van der Waals surface area contributed by atoms with E-state index < -0.39 is 5.76 Å². The Morgan fingerprint density at radius 1 is 1.24 bits per heavy atom. The first kappa shape index (κ1) is 13.4. The number of rotatable bonds is 0. The van der Waals surface area contributed by atoms with Gasteiger partial charge < -0.3 is 4.42 Å². The van der Waals surface area contributed by atoms with Crippen LogP contribution in [0.15, 0.2) is 27.7 Å². The summed E-state index contributed by atoms with van der Waals surface area (Å²) >= 11 is 0. The number of fused-ring (bicyclic) bond motifs is 1. The van der Waals surface area contributed by atoms with E-state index in [-0.39, 0.29) is 5.41 Å². The topological polar surface area (TPSA) is 56.0 Å². The second-order valence-electron chi connectivity index (χ2n) is 4.45. The quantitative estimate of drug-likeness (QED) is 0.703. The molecule has 2 rings (SSSR count). The Morgan fingerprint density at radius 2 is 1.88 bits per heavy atom. The number of nitrogens with zero attached hydrogens (tertiary/aromatic N) is 2. The average molecular weight is 234 g/mol. The average Bonchev–Trinajstić information content (AvgIpc) is 2.29. The van der Waals surface area contributed by atoms with Crippen LogP contribution >= 0.6 is 0 Å². The lowest BCUT2D eigenvalue weighted by molar-refractivity contribution is 0.497. The van der Waals surface area contributed by atoms with E-state index in [1.807, 2.05) is 34.6 Å². The molecule has 0 atom stereocenters. The van der Waals surface area contributed by atoms with Gasteiger partial charge in [-0.15, -0.1) is 0 Å². The summed E-state index contributed by atoms with van der Waals surface area (Å²) < 4.78 is 4.99. The number of hydrogen-bond donors (Lipinski definition) is 0. The minimum absolute atomic E-state index is 0.197. The lowest BCUT2D eigenvalue weighted by Crippen LogP contribution is -2.19. The molecule has 0 aliphatic carbocycles. The molecule has 2 heterocycles. The maximum absolute atomic E-state index is 11.3. The van der Waals surface area contributed by atoms with Crippen molar-refractivity contribution < 1.29 is 4.42 Å². The van der Waals surface area contributed by atoms with Crippen molar-refractivity contribution in [1.82, 2.24) is 9.97 Å². The standard InChI is InChI=1S/C11H12N2O2.C2H6/c1-11(2,3)9-7-6-12-5-4-8(7)15-10(14)13-9;1-2/h4-6H,1-3H3;1-2H3. The molecule has 0 spiro atoms. The zero-order valence-electron chi connectivity index (χ0n) is 10.9. The molecular formula is C13H18N2O2. The first-order valence-electron chi connectivity index (χ1n) is 5.74. The van der Waals surface area contributed by atoms with Gasteiger partial charge in [0.25, 0.3) is 0 Å². The molecular weight excluding hydrogens is 216 g/mol. The highest BCUT2D eigenvalue weighted by Gasteiger charge is 2.20. The minimum atomic E-state index is -0.557. The summed E-state index contributed by atoms with van der Waals surface area (Å²) in [6, 6.07) is 1.67. The molecule has 92 valence electrons. The van der Waals surface area contributed by atoms with E-state index in [4.69, 9.17) is 4.42 Å². The van der Waals surface area contributed by atoms with Crippen molar-refractivity contribution in [3.63, 3.8) is 0 Å². The third-order valence-corrected chi connectivity index (χ3v) is 2.15. The second kappa shape index (κ2) is 5.08. The van der Waals surface area contributed by atoms with E-state index in [0.29, 0.717) is 5.58 Å². The van der Waals surface area contributed by atoms with Crippen molar-refractivity contribution in [3.05, 3.63) is 34.7 Å². The highest BCUT2D eigenvalue weighted by Crippen LogP contribution is 2.25. The summed E-state index contributed by atoms with van der Waals surface area (Å²) in [4.78, 5) is 19.2. The van der Waals surface area contributed by atoms with Gasteiger partial charge in [0.05, 0.1) is 11.1 Å². The Bertz CT molecular complexity index is 553. The molecule has 2 aromatic rings.